The Bertz CT molecular complexity index is 324. The molecule has 0 spiro atoms. The van der Waals surface area contributed by atoms with Crippen molar-refractivity contribution in [2.75, 3.05) is 11.9 Å². The van der Waals surface area contributed by atoms with Gasteiger partial charge in [-0.2, -0.15) is 0 Å². The van der Waals surface area contributed by atoms with E-state index in [2.05, 4.69) is 5.32 Å². The van der Waals surface area contributed by atoms with Crippen molar-refractivity contribution < 1.29 is 0 Å². The highest BCUT2D eigenvalue weighted by molar-refractivity contribution is 6.36. The average Bonchev–Trinajstić information content (AvgIpc) is 2.10. The standard InChI is InChI=1S/C10H14Cl2N2/c1-10(2,6-13)14-9-4-3-7(11)5-8(9)12/h3-5,14H,6,13H2,1-2H3. The highest BCUT2D eigenvalue weighted by Gasteiger charge is 2.15. The third-order valence-corrected chi connectivity index (χ3v) is 2.46. The predicted octanol–water partition coefficient (Wildman–Crippen LogP) is 3.14. The van der Waals surface area contributed by atoms with Crippen molar-refractivity contribution in [2.24, 2.45) is 5.73 Å². The second-order valence-corrected chi connectivity index (χ2v) is 4.68. The van der Waals surface area contributed by atoms with Crippen LogP contribution in [0, 0.1) is 0 Å². The van der Waals surface area contributed by atoms with Crippen molar-refractivity contribution in [3.05, 3.63) is 28.2 Å². The fourth-order valence-electron chi connectivity index (χ4n) is 1.01. The number of rotatable bonds is 3. The summed E-state index contributed by atoms with van der Waals surface area (Å²) in [5, 5.41) is 4.49. The van der Waals surface area contributed by atoms with Gasteiger partial charge in [0, 0.05) is 17.1 Å². The first-order valence-electron chi connectivity index (χ1n) is 4.38. The second kappa shape index (κ2) is 4.39. The Morgan fingerprint density at radius 2 is 2.00 bits per heavy atom. The molecule has 2 nitrogen and oxygen atoms in total. The molecular weight excluding hydrogens is 219 g/mol. The van der Waals surface area contributed by atoms with Crippen LogP contribution in [0.25, 0.3) is 0 Å². The van der Waals surface area contributed by atoms with Gasteiger partial charge in [0.2, 0.25) is 0 Å². The molecule has 0 saturated heterocycles. The Kier molecular flexibility index (Phi) is 3.65. The molecule has 14 heavy (non-hydrogen) atoms. The van der Waals surface area contributed by atoms with Gasteiger partial charge in [0.25, 0.3) is 0 Å². The molecule has 0 heterocycles. The summed E-state index contributed by atoms with van der Waals surface area (Å²) in [5.41, 5.74) is 6.29. The van der Waals surface area contributed by atoms with Crippen LogP contribution < -0.4 is 11.1 Å². The summed E-state index contributed by atoms with van der Waals surface area (Å²) in [4.78, 5) is 0. The summed E-state index contributed by atoms with van der Waals surface area (Å²) < 4.78 is 0. The number of nitrogens with one attached hydrogen (secondary N) is 1. The van der Waals surface area contributed by atoms with E-state index >= 15 is 0 Å². The number of hydrogen-bond donors (Lipinski definition) is 2. The van der Waals surface area contributed by atoms with E-state index in [-0.39, 0.29) is 5.54 Å². The van der Waals surface area contributed by atoms with Gasteiger partial charge in [-0.3, -0.25) is 0 Å². The Morgan fingerprint density at radius 3 is 2.50 bits per heavy atom. The highest BCUT2D eigenvalue weighted by Crippen LogP contribution is 2.27. The number of hydrogen-bond acceptors (Lipinski definition) is 2. The Balaban J connectivity index is 2.87. The molecule has 0 atom stereocenters. The lowest BCUT2D eigenvalue weighted by Crippen LogP contribution is -2.39. The van der Waals surface area contributed by atoms with Crippen LogP contribution in [-0.4, -0.2) is 12.1 Å². The van der Waals surface area contributed by atoms with Crippen molar-refractivity contribution in [3.63, 3.8) is 0 Å². The number of anilines is 1. The van der Waals surface area contributed by atoms with Gasteiger partial charge in [0.1, 0.15) is 0 Å². The fraction of sp³-hybridized carbons (Fsp3) is 0.400. The molecule has 0 aliphatic heterocycles. The van der Waals surface area contributed by atoms with E-state index in [4.69, 9.17) is 28.9 Å². The zero-order valence-electron chi connectivity index (χ0n) is 8.27. The minimum Gasteiger partial charge on any atom is -0.378 e. The zero-order valence-corrected chi connectivity index (χ0v) is 9.78. The van der Waals surface area contributed by atoms with Crippen LogP contribution in [0.4, 0.5) is 5.69 Å². The van der Waals surface area contributed by atoms with Crippen molar-refractivity contribution in [1.82, 2.24) is 0 Å². The lowest BCUT2D eigenvalue weighted by Gasteiger charge is -2.26. The van der Waals surface area contributed by atoms with Crippen LogP contribution in [-0.2, 0) is 0 Å². The highest BCUT2D eigenvalue weighted by atomic mass is 35.5. The molecule has 78 valence electrons. The van der Waals surface area contributed by atoms with E-state index in [9.17, 15) is 0 Å². The largest absolute Gasteiger partial charge is 0.378 e. The van der Waals surface area contributed by atoms with E-state index in [0.29, 0.717) is 16.6 Å². The first kappa shape index (κ1) is 11.6. The molecule has 4 heteroatoms. The predicted molar refractivity (Wildman–Crippen MR) is 63.2 cm³/mol. The van der Waals surface area contributed by atoms with Gasteiger partial charge in [-0.1, -0.05) is 23.2 Å². The smallest absolute Gasteiger partial charge is 0.0652 e. The second-order valence-electron chi connectivity index (χ2n) is 3.84. The third-order valence-electron chi connectivity index (χ3n) is 1.91. The van der Waals surface area contributed by atoms with Crippen molar-refractivity contribution in [2.45, 2.75) is 19.4 Å². The lowest BCUT2D eigenvalue weighted by atomic mass is 10.1. The van der Waals surface area contributed by atoms with Crippen molar-refractivity contribution >= 4 is 28.9 Å². The van der Waals surface area contributed by atoms with E-state index in [0.717, 1.165) is 5.69 Å². The van der Waals surface area contributed by atoms with Gasteiger partial charge in [-0.05, 0) is 32.0 Å². The van der Waals surface area contributed by atoms with E-state index in [1.54, 1.807) is 12.1 Å². The maximum absolute atomic E-state index is 6.00. The van der Waals surface area contributed by atoms with E-state index < -0.39 is 0 Å². The van der Waals surface area contributed by atoms with Gasteiger partial charge in [-0.25, -0.2) is 0 Å². The maximum atomic E-state index is 6.00. The first-order valence-corrected chi connectivity index (χ1v) is 5.13. The topological polar surface area (TPSA) is 38.0 Å². The number of nitrogens with two attached hydrogens (primary N) is 1. The maximum Gasteiger partial charge on any atom is 0.0652 e. The Labute approximate surface area is 94.4 Å². The van der Waals surface area contributed by atoms with E-state index in [1.807, 2.05) is 19.9 Å². The van der Waals surface area contributed by atoms with Gasteiger partial charge < -0.3 is 11.1 Å². The quantitative estimate of drug-likeness (QED) is 0.841. The molecule has 0 fully saturated rings. The summed E-state index contributed by atoms with van der Waals surface area (Å²) in [5.74, 6) is 0. The molecule has 0 unspecified atom stereocenters. The first-order chi connectivity index (χ1) is 6.44. The molecule has 0 saturated carbocycles. The van der Waals surface area contributed by atoms with Gasteiger partial charge >= 0.3 is 0 Å². The minimum atomic E-state index is -0.169. The average molecular weight is 233 g/mol. The molecule has 3 N–H and O–H groups in total. The van der Waals surface area contributed by atoms with Crippen LogP contribution >= 0.6 is 23.2 Å². The molecule has 1 rings (SSSR count). The van der Waals surface area contributed by atoms with Gasteiger partial charge in [0.05, 0.1) is 10.7 Å². The van der Waals surface area contributed by atoms with Crippen LogP contribution in [0.15, 0.2) is 18.2 Å². The summed E-state index contributed by atoms with van der Waals surface area (Å²) in [7, 11) is 0. The van der Waals surface area contributed by atoms with Crippen LogP contribution in [0.3, 0.4) is 0 Å². The lowest BCUT2D eigenvalue weighted by molar-refractivity contribution is 0.580. The molecule has 1 aromatic rings. The fourth-order valence-corrected chi connectivity index (χ4v) is 1.46. The normalized spacial score (nSPS) is 11.5. The SMILES string of the molecule is CC(C)(CN)Nc1ccc(Cl)cc1Cl. The number of benzene rings is 1. The van der Waals surface area contributed by atoms with Gasteiger partial charge in [-0.15, -0.1) is 0 Å². The molecule has 0 amide bonds. The molecular formula is C10H14Cl2N2. The summed E-state index contributed by atoms with van der Waals surface area (Å²) in [6.45, 7) is 4.56. The van der Waals surface area contributed by atoms with E-state index in [1.165, 1.54) is 0 Å². The molecule has 0 aliphatic carbocycles. The summed E-state index contributed by atoms with van der Waals surface area (Å²) in [6.07, 6.45) is 0. The molecule has 0 aliphatic rings. The minimum absolute atomic E-state index is 0.169. The van der Waals surface area contributed by atoms with Crippen LogP contribution in [0.1, 0.15) is 13.8 Å². The molecule has 0 bridgehead atoms. The van der Waals surface area contributed by atoms with Crippen molar-refractivity contribution in [1.29, 1.82) is 0 Å². The summed E-state index contributed by atoms with van der Waals surface area (Å²) >= 11 is 11.8. The molecule has 0 radical (unpaired) electrons. The Morgan fingerprint density at radius 1 is 1.36 bits per heavy atom. The van der Waals surface area contributed by atoms with Crippen molar-refractivity contribution in [3.8, 4) is 0 Å². The zero-order chi connectivity index (χ0) is 10.8. The molecule has 1 aromatic carbocycles. The summed E-state index contributed by atoms with van der Waals surface area (Å²) in [6, 6.07) is 5.35. The third kappa shape index (κ3) is 3.05. The number of halogens is 2. The van der Waals surface area contributed by atoms with Crippen LogP contribution in [0.5, 0.6) is 0 Å². The van der Waals surface area contributed by atoms with Gasteiger partial charge in [0.15, 0.2) is 0 Å². The Hall–Kier alpha value is -0.440. The monoisotopic (exact) mass is 232 g/mol. The molecule has 0 aromatic heterocycles. The van der Waals surface area contributed by atoms with Crippen LogP contribution in [0.2, 0.25) is 10.0 Å².